The summed E-state index contributed by atoms with van der Waals surface area (Å²) in [5, 5.41) is 21.8. The van der Waals surface area contributed by atoms with Gasteiger partial charge in [-0.05, 0) is 61.0 Å². The van der Waals surface area contributed by atoms with Crippen LogP contribution in [0.25, 0.3) is 28.3 Å². The predicted octanol–water partition coefficient (Wildman–Crippen LogP) is 4.20. The molecule has 0 aliphatic carbocycles. The standard InChI is InChI=1S/C25H22ClN7.H2S/c1-28-19-8-9-31(14-19)20-6-7-22-18(10-20)13-32-23(25-30-29-15-33(22)25)11-21(24(32)26)17-4-2-16(12-27)3-5-17;/h2-7,10-11,15,19,28H,8-9,13-14H2,1H3;1H2/t19-;/m0./s1. The number of nitriles is 1. The van der Waals surface area contributed by atoms with Gasteiger partial charge in [-0.3, -0.25) is 4.57 Å². The fourth-order valence-electron chi connectivity index (χ4n) is 4.91. The number of aromatic nitrogens is 4. The maximum atomic E-state index is 9.12. The number of hydrogen-bond acceptors (Lipinski definition) is 5. The first-order valence-electron chi connectivity index (χ1n) is 11.0. The van der Waals surface area contributed by atoms with Crippen molar-refractivity contribution in [3.63, 3.8) is 0 Å². The van der Waals surface area contributed by atoms with Gasteiger partial charge in [0.05, 0.1) is 29.6 Å². The largest absolute Gasteiger partial charge is 0.370 e. The van der Waals surface area contributed by atoms with Crippen LogP contribution in [-0.4, -0.2) is 45.5 Å². The number of likely N-dealkylation sites (N-methyl/N-ethyl adjacent to an activating group) is 1. The minimum Gasteiger partial charge on any atom is -0.370 e. The Kier molecular flexibility index (Phi) is 5.86. The van der Waals surface area contributed by atoms with Crippen LogP contribution in [-0.2, 0) is 6.54 Å². The zero-order chi connectivity index (χ0) is 22.5. The van der Waals surface area contributed by atoms with E-state index in [-0.39, 0.29) is 13.5 Å². The number of halogens is 1. The van der Waals surface area contributed by atoms with E-state index >= 15 is 0 Å². The molecular weight excluding hydrogens is 466 g/mol. The predicted molar refractivity (Wildman–Crippen MR) is 139 cm³/mol. The molecule has 1 N–H and O–H groups in total. The monoisotopic (exact) mass is 489 g/mol. The number of benzene rings is 2. The van der Waals surface area contributed by atoms with Crippen LogP contribution >= 0.6 is 25.1 Å². The third-order valence-corrected chi connectivity index (χ3v) is 7.15. The maximum absolute atomic E-state index is 9.12. The Morgan fingerprint density at radius 2 is 1.97 bits per heavy atom. The summed E-state index contributed by atoms with van der Waals surface area (Å²) in [7, 11) is 2.03. The van der Waals surface area contributed by atoms with Crippen molar-refractivity contribution < 1.29 is 0 Å². The molecule has 0 unspecified atom stereocenters. The van der Waals surface area contributed by atoms with E-state index in [1.807, 2.05) is 35.9 Å². The molecule has 1 fully saturated rings. The van der Waals surface area contributed by atoms with E-state index in [1.54, 1.807) is 6.33 Å². The van der Waals surface area contributed by atoms with Gasteiger partial charge in [0.15, 0.2) is 5.82 Å². The molecule has 0 spiro atoms. The van der Waals surface area contributed by atoms with E-state index in [0.29, 0.717) is 23.3 Å². The summed E-state index contributed by atoms with van der Waals surface area (Å²) in [6.45, 7) is 2.69. The second kappa shape index (κ2) is 8.84. The number of nitrogens with one attached hydrogen (secondary N) is 1. The molecule has 172 valence electrons. The first kappa shape index (κ1) is 22.5. The number of rotatable bonds is 3. The lowest BCUT2D eigenvalue weighted by molar-refractivity contribution is 0.617. The molecule has 0 radical (unpaired) electrons. The molecule has 4 heterocycles. The van der Waals surface area contributed by atoms with Crippen molar-refractivity contribution in [1.82, 2.24) is 24.6 Å². The second-order valence-corrected chi connectivity index (χ2v) is 8.93. The van der Waals surface area contributed by atoms with Crippen molar-refractivity contribution in [3.05, 3.63) is 71.1 Å². The van der Waals surface area contributed by atoms with E-state index in [2.05, 4.69) is 55.3 Å². The van der Waals surface area contributed by atoms with Gasteiger partial charge < -0.3 is 14.8 Å². The Balaban J connectivity index is 0.00000241. The van der Waals surface area contributed by atoms with Crippen LogP contribution in [0.3, 0.4) is 0 Å². The molecule has 0 amide bonds. The number of fused-ring (bicyclic) bond motifs is 5. The Hall–Kier alpha value is -3.25. The Morgan fingerprint density at radius 3 is 2.71 bits per heavy atom. The fourth-order valence-corrected chi connectivity index (χ4v) is 5.22. The first-order valence-corrected chi connectivity index (χ1v) is 11.4. The van der Waals surface area contributed by atoms with E-state index in [4.69, 9.17) is 16.9 Å². The molecule has 0 bridgehead atoms. The van der Waals surface area contributed by atoms with Crippen molar-refractivity contribution in [2.75, 3.05) is 25.0 Å². The van der Waals surface area contributed by atoms with E-state index in [1.165, 1.54) is 11.3 Å². The van der Waals surface area contributed by atoms with Crippen molar-refractivity contribution in [2.24, 2.45) is 0 Å². The molecular formula is C25H24ClN7S. The molecule has 1 saturated heterocycles. The molecule has 2 aliphatic rings. The average Bonchev–Trinajstić information content (AvgIpc) is 3.57. The van der Waals surface area contributed by atoms with Crippen molar-refractivity contribution in [3.8, 4) is 34.4 Å². The molecule has 0 saturated carbocycles. The van der Waals surface area contributed by atoms with Gasteiger partial charge in [-0.25, -0.2) is 0 Å². The highest BCUT2D eigenvalue weighted by Crippen LogP contribution is 2.40. The lowest BCUT2D eigenvalue weighted by atomic mass is 10.1. The number of hydrogen-bond donors (Lipinski definition) is 1. The summed E-state index contributed by atoms with van der Waals surface area (Å²) in [6, 6.07) is 18.9. The van der Waals surface area contributed by atoms with E-state index < -0.39 is 0 Å². The van der Waals surface area contributed by atoms with Crippen LogP contribution in [0.5, 0.6) is 0 Å². The zero-order valence-electron chi connectivity index (χ0n) is 18.7. The van der Waals surface area contributed by atoms with Crippen LogP contribution in [0.4, 0.5) is 5.69 Å². The first-order chi connectivity index (χ1) is 16.2. The van der Waals surface area contributed by atoms with Gasteiger partial charge >= 0.3 is 0 Å². The molecule has 2 aromatic carbocycles. The average molecular weight is 490 g/mol. The van der Waals surface area contributed by atoms with Gasteiger partial charge in [-0.1, -0.05) is 23.7 Å². The van der Waals surface area contributed by atoms with Gasteiger partial charge in [0, 0.05) is 30.4 Å². The minimum atomic E-state index is 0. The third kappa shape index (κ3) is 3.57. The number of nitrogens with zero attached hydrogens (tertiary/aromatic N) is 6. The highest BCUT2D eigenvalue weighted by Gasteiger charge is 2.27. The van der Waals surface area contributed by atoms with Crippen molar-refractivity contribution >= 4 is 30.8 Å². The molecule has 9 heteroatoms. The van der Waals surface area contributed by atoms with Gasteiger partial charge in [0.25, 0.3) is 0 Å². The van der Waals surface area contributed by atoms with Gasteiger partial charge in [-0.2, -0.15) is 18.8 Å². The Morgan fingerprint density at radius 1 is 1.15 bits per heavy atom. The summed E-state index contributed by atoms with van der Waals surface area (Å²) < 4.78 is 4.14. The van der Waals surface area contributed by atoms with Crippen LogP contribution in [0, 0.1) is 11.3 Å². The molecule has 2 aromatic heterocycles. The molecule has 2 aliphatic heterocycles. The van der Waals surface area contributed by atoms with E-state index in [9.17, 15) is 0 Å². The fraction of sp³-hybridized carbons (Fsp3) is 0.240. The van der Waals surface area contributed by atoms with Crippen molar-refractivity contribution in [2.45, 2.75) is 19.0 Å². The van der Waals surface area contributed by atoms with Crippen LogP contribution in [0.15, 0.2) is 54.9 Å². The Bertz CT molecular complexity index is 1400. The van der Waals surface area contributed by atoms with Gasteiger partial charge in [0.2, 0.25) is 0 Å². The van der Waals surface area contributed by atoms with Crippen LogP contribution < -0.4 is 10.2 Å². The van der Waals surface area contributed by atoms with Gasteiger partial charge in [-0.15, -0.1) is 10.2 Å². The second-order valence-electron chi connectivity index (χ2n) is 8.57. The lowest BCUT2D eigenvalue weighted by Gasteiger charge is -2.21. The molecule has 7 nitrogen and oxygen atoms in total. The normalized spacial score (nSPS) is 16.1. The number of anilines is 1. The SMILES string of the molecule is CN[C@H]1CCN(c2ccc3c(c2)Cn2c(cc(-c4ccc(C#N)cc4)c2Cl)-c2nncn2-3)C1.S. The molecule has 4 aromatic rings. The highest BCUT2D eigenvalue weighted by atomic mass is 35.5. The van der Waals surface area contributed by atoms with Gasteiger partial charge in [0.1, 0.15) is 11.5 Å². The van der Waals surface area contributed by atoms with Crippen LogP contribution in [0.1, 0.15) is 17.5 Å². The van der Waals surface area contributed by atoms with E-state index in [0.717, 1.165) is 47.8 Å². The molecule has 34 heavy (non-hydrogen) atoms. The molecule has 1 atom stereocenters. The minimum absolute atomic E-state index is 0. The zero-order valence-corrected chi connectivity index (χ0v) is 20.4. The third-order valence-electron chi connectivity index (χ3n) is 6.75. The highest BCUT2D eigenvalue weighted by molar-refractivity contribution is 7.59. The topological polar surface area (TPSA) is 74.7 Å². The summed E-state index contributed by atoms with van der Waals surface area (Å²) in [5.41, 5.74) is 6.90. The molecule has 6 rings (SSSR count). The maximum Gasteiger partial charge on any atom is 0.185 e. The summed E-state index contributed by atoms with van der Waals surface area (Å²) >= 11 is 6.95. The van der Waals surface area contributed by atoms with Crippen molar-refractivity contribution in [1.29, 1.82) is 5.26 Å². The Labute approximate surface area is 210 Å². The van der Waals surface area contributed by atoms with Crippen LogP contribution in [0.2, 0.25) is 5.15 Å². The smallest absolute Gasteiger partial charge is 0.185 e. The lowest BCUT2D eigenvalue weighted by Crippen LogP contribution is -2.29. The summed E-state index contributed by atoms with van der Waals surface area (Å²) in [4.78, 5) is 2.43. The summed E-state index contributed by atoms with van der Waals surface area (Å²) in [5.74, 6) is 0.764. The quantitative estimate of drug-likeness (QED) is 0.411. The summed E-state index contributed by atoms with van der Waals surface area (Å²) in [6.07, 6.45) is 2.91.